The minimum absolute atomic E-state index is 0. The summed E-state index contributed by atoms with van der Waals surface area (Å²) < 4.78 is 93.9. The zero-order chi connectivity index (χ0) is 43.2. The predicted octanol–water partition coefficient (Wildman–Crippen LogP) is 5.00. The number of nitrogens with two attached hydrogens (primary N) is 1. The number of hydrogen-bond acceptors (Lipinski definition) is 15. The SMILES string of the molecule is C.CC.COc1nc(OC)c(S(C)(=O)=O)cc1N.COc1nc(OC)c(S(C)(=O)=O)cc1N1CCc2c(F)cccc2CC1=O.O=CCc1c(F)cccc1[N+](=O)[O-]. The Morgan fingerprint density at radius 3 is 1.84 bits per heavy atom. The summed E-state index contributed by atoms with van der Waals surface area (Å²) in [4.78, 5) is 41.7. The van der Waals surface area contributed by atoms with Crippen molar-refractivity contribution in [3.05, 3.63) is 87.0 Å². The molecular formula is C37H47F2N5O12S2. The van der Waals surface area contributed by atoms with Gasteiger partial charge in [-0.3, -0.25) is 14.9 Å². The lowest BCUT2D eigenvalue weighted by molar-refractivity contribution is -0.385. The molecule has 58 heavy (non-hydrogen) atoms. The summed E-state index contributed by atoms with van der Waals surface area (Å²) in [5, 5.41) is 10.4. The van der Waals surface area contributed by atoms with Gasteiger partial charge in [-0.05, 0) is 41.8 Å². The van der Waals surface area contributed by atoms with Crippen LogP contribution in [0.1, 0.15) is 38.0 Å². The van der Waals surface area contributed by atoms with E-state index in [9.17, 15) is 45.3 Å². The molecule has 2 aromatic carbocycles. The van der Waals surface area contributed by atoms with Crippen molar-refractivity contribution in [1.29, 1.82) is 0 Å². The van der Waals surface area contributed by atoms with Gasteiger partial charge in [0.2, 0.25) is 29.4 Å². The molecule has 0 radical (unpaired) electrons. The number of nitro groups is 1. The lowest BCUT2D eigenvalue weighted by Gasteiger charge is -2.23. The third kappa shape index (κ3) is 12.5. The van der Waals surface area contributed by atoms with Gasteiger partial charge in [0.1, 0.15) is 33.4 Å². The number of aldehydes is 1. The van der Waals surface area contributed by atoms with Crippen molar-refractivity contribution >= 4 is 48.9 Å². The Balaban J connectivity index is 0.000000461. The van der Waals surface area contributed by atoms with E-state index in [2.05, 4.69) is 9.97 Å². The molecule has 4 aromatic rings. The number of rotatable bonds is 10. The van der Waals surface area contributed by atoms with Crippen LogP contribution in [0.15, 0.2) is 58.3 Å². The van der Waals surface area contributed by atoms with Gasteiger partial charge in [0, 0.05) is 31.5 Å². The van der Waals surface area contributed by atoms with E-state index in [0.717, 1.165) is 18.6 Å². The number of ether oxygens (including phenoxy) is 4. The number of anilines is 2. The summed E-state index contributed by atoms with van der Waals surface area (Å²) in [7, 11) is -1.70. The van der Waals surface area contributed by atoms with E-state index < -0.39 is 30.4 Å². The Hall–Kier alpha value is -5.96. The molecular weight excluding hydrogens is 809 g/mol. The molecule has 0 fully saturated rings. The summed E-state index contributed by atoms with van der Waals surface area (Å²) in [6, 6.07) is 10.7. The topological polar surface area (TPSA) is 238 Å². The van der Waals surface area contributed by atoms with Crippen molar-refractivity contribution in [1.82, 2.24) is 9.97 Å². The number of halogens is 2. The average molecular weight is 856 g/mol. The van der Waals surface area contributed by atoms with E-state index in [4.69, 9.17) is 24.7 Å². The van der Waals surface area contributed by atoms with Gasteiger partial charge in [0.15, 0.2) is 19.7 Å². The number of carbonyl (C=O) groups excluding carboxylic acids is 2. The second kappa shape index (κ2) is 22.1. The van der Waals surface area contributed by atoms with Crippen molar-refractivity contribution in [2.24, 2.45) is 0 Å². The number of carbonyl (C=O) groups is 2. The van der Waals surface area contributed by atoms with Gasteiger partial charge >= 0.3 is 0 Å². The molecule has 0 saturated carbocycles. The van der Waals surface area contributed by atoms with Crippen molar-refractivity contribution in [2.75, 3.05) is 58.1 Å². The predicted molar refractivity (Wildman–Crippen MR) is 212 cm³/mol. The monoisotopic (exact) mass is 855 g/mol. The Bertz CT molecular complexity index is 2310. The van der Waals surface area contributed by atoms with E-state index >= 15 is 0 Å². The molecule has 2 aromatic heterocycles. The maximum atomic E-state index is 14.1. The van der Waals surface area contributed by atoms with Crippen molar-refractivity contribution in [3.8, 4) is 23.5 Å². The van der Waals surface area contributed by atoms with Crippen LogP contribution in [0, 0.1) is 21.7 Å². The number of pyridine rings is 2. The fourth-order valence-corrected chi connectivity index (χ4v) is 6.73. The minimum atomic E-state index is -3.66. The second-order valence-electron chi connectivity index (χ2n) is 11.4. The molecule has 1 amide bonds. The molecule has 1 aliphatic rings. The second-order valence-corrected chi connectivity index (χ2v) is 15.3. The Kier molecular flexibility index (Phi) is 19.1. The van der Waals surface area contributed by atoms with Gasteiger partial charge in [-0.2, -0.15) is 9.97 Å². The number of hydrogen-bond donors (Lipinski definition) is 1. The van der Waals surface area contributed by atoms with Crippen LogP contribution in [-0.4, -0.2) is 91.4 Å². The van der Waals surface area contributed by atoms with Gasteiger partial charge in [-0.15, -0.1) is 0 Å². The highest BCUT2D eigenvalue weighted by molar-refractivity contribution is 7.91. The summed E-state index contributed by atoms with van der Waals surface area (Å²) in [6.07, 6.45) is 2.53. The van der Waals surface area contributed by atoms with Crippen molar-refractivity contribution < 1.29 is 59.1 Å². The summed E-state index contributed by atoms with van der Waals surface area (Å²) in [5.41, 5.74) is 6.48. The van der Waals surface area contributed by atoms with Gasteiger partial charge < -0.3 is 34.4 Å². The van der Waals surface area contributed by atoms with Crippen LogP contribution in [0.3, 0.4) is 0 Å². The first-order valence-electron chi connectivity index (χ1n) is 16.7. The number of aromatic nitrogens is 2. The third-order valence-electron chi connectivity index (χ3n) is 7.73. The molecule has 0 spiro atoms. The van der Waals surface area contributed by atoms with E-state index in [1.807, 2.05) is 13.8 Å². The fourth-order valence-electron chi connectivity index (χ4n) is 5.17. The highest BCUT2D eigenvalue weighted by atomic mass is 32.2. The van der Waals surface area contributed by atoms with Gasteiger partial charge in [0.25, 0.3) is 5.69 Å². The molecule has 1 aliphatic heterocycles. The summed E-state index contributed by atoms with van der Waals surface area (Å²) >= 11 is 0. The van der Waals surface area contributed by atoms with Crippen LogP contribution in [-0.2, 0) is 48.5 Å². The van der Waals surface area contributed by atoms with Crippen molar-refractivity contribution in [2.45, 2.75) is 50.3 Å². The Morgan fingerprint density at radius 2 is 1.34 bits per heavy atom. The number of nitro benzene ring substituents is 1. The highest BCUT2D eigenvalue weighted by Crippen LogP contribution is 2.36. The quantitative estimate of drug-likeness (QED) is 0.126. The molecule has 0 saturated heterocycles. The maximum Gasteiger partial charge on any atom is 0.275 e. The molecule has 318 valence electrons. The highest BCUT2D eigenvalue weighted by Gasteiger charge is 2.29. The zero-order valence-electron chi connectivity index (χ0n) is 32.4. The number of amides is 1. The summed E-state index contributed by atoms with van der Waals surface area (Å²) in [5.74, 6) is -1.33. The molecule has 21 heteroatoms. The average Bonchev–Trinajstić information content (AvgIpc) is 3.34. The number of fused-ring (bicyclic) bond motifs is 1. The first-order chi connectivity index (χ1) is 26.8. The molecule has 3 heterocycles. The third-order valence-corrected chi connectivity index (χ3v) is 9.92. The van der Waals surface area contributed by atoms with Crippen LogP contribution in [0.2, 0.25) is 0 Å². The largest absolute Gasteiger partial charge is 0.480 e. The molecule has 0 atom stereocenters. The number of methoxy groups -OCH3 is 4. The standard InChI is InChI=1S/C18H19FN2O5S.C8H6FNO3.C8H12N2O4S.C2H6.CH4/c1-25-17-14(10-15(27(3,23)24)18(20-17)26-2)21-8-7-12-11(9-16(21)22)5-4-6-13(12)19;9-7-2-1-3-8(10(12)13)6(7)4-5-11;1-13-7-5(9)4-6(15(3,11)12)8(10-7)14-2;1-2;/h4-6,10H,7-9H2,1-3H3;1-3,5H,4H2;4H,9H2,1-3H3;1-2H3;1H4. The minimum Gasteiger partial charge on any atom is -0.480 e. The van der Waals surface area contributed by atoms with Crippen LogP contribution in [0.4, 0.5) is 25.8 Å². The van der Waals surface area contributed by atoms with Crippen LogP contribution < -0.4 is 29.6 Å². The van der Waals surface area contributed by atoms with Gasteiger partial charge in [0.05, 0.1) is 51.0 Å². The number of nitrogen functional groups attached to an aromatic ring is 1. The first kappa shape index (κ1) is 50.1. The molecule has 17 nitrogen and oxygen atoms in total. The number of nitrogens with zero attached hydrogens (tertiary/aromatic N) is 4. The molecule has 0 aliphatic carbocycles. The molecule has 5 rings (SSSR count). The van der Waals surface area contributed by atoms with Crippen LogP contribution in [0.5, 0.6) is 23.5 Å². The van der Waals surface area contributed by atoms with Crippen molar-refractivity contribution in [3.63, 3.8) is 0 Å². The fraction of sp³-hybridized carbons (Fsp3) is 0.351. The summed E-state index contributed by atoms with van der Waals surface area (Å²) in [6.45, 7) is 4.17. The van der Waals surface area contributed by atoms with Crippen LogP contribution >= 0.6 is 0 Å². The maximum absolute atomic E-state index is 14.1. The lowest BCUT2D eigenvalue weighted by atomic mass is 10.0. The molecule has 0 unspecified atom stereocenters. The van der Waals surface area contributed by atoms with E-state index in [0.29, 0.717) is 17.4 Å². The molecule has 0 bridgehead atoms. The van der Waals surface area contributed by atoms with E-state index in [-0.39, 0.29) is 101 Å². The smallest absolute Gasteiger partial charge is 0.275 e. The Morgan fingerprint density at radius 1 is 0.845 bits per heavy atom. The zero-order valence-corrected chi connectivity index (χ0v) is 34.0. The normalized spacial score (nSPS) is 11.9. The lowest BCUT2D eigenvalue weighted by Crippen LogP contribution is -2.33. The molecule has 2 N–H and O–H groups in total. The number of sulfone groups is 2. The number of benzene rings is 2. The van der Waals surface area contributed by atoms with Crippen LogP contribution in [0.25, 0.3) is 0 Å². The van der Waals surface area contributed by atoms with E-state index in [1.54, 1.807) is 12.1 Å². The first-order valence-corrected chi connectivity index (χ1v) is 20.4. The van der Waals surface area contributed by atoms with Gasteiger partial charge in [-0.1, -0.05) is 39.5 Å². The van der Waals surface area contributed by atoms with E-state index in [1.165, 1.54) is 63.7 Å². The Labute approximate surface area is 336 Å². The van der Waals surface area contributed by atoms with Gasteiger partial charge in [-0.25, -0.2) is 25.6 Å².